The maximum atomic E-state index is 2.31. The Bertz CT molecular complexity index is 701. The fourth-order valence-corrected chi connectivity index (χ4v) is 2.80. The van der Waals surface area contributed by atoms with Gasteiger partial charge in [0.15, 0.2) is 0 Å². The smallest absolute Gasteiger partial charge is 0.0765 e. The molecule has 4 rings (SSSR count). The lowest BCUT2D eigenvalue weighted by Crippen LogP contribution is -2.17. The molecule has 2 aliphatic rings. The van der Waals surface area contributed by atoms with Crippen molar-refractivity contribution in [3.8, 4) is 0 Å². The Kier molecular flexibility index (Phi) is 1.97. The van der Waals surface area contributed by atoms with Gasteiger partial charge in [0.2, 0.25) is 0 Å². The van der Waals surface area contributed by atoms with E-state index < -0.39 is 0 Å². The van der Waals surface area contributed by atoms with Crippen LogP contribution in [0.25, 0.3) is 22.7 Å². The first-order valence-corrected chi connectivity index (χ1v) is 6.33. The molecular weight excluding hydrogens is 220 g/mol. The van der Waals surface area contributed by atoms with Crippen molar-refractivity contribution in [2.45, 2.75) is 6.42 Å². The van der Waals surface area contributed by atoms with Crippen molar-refractivity contribution in [1.82, 2.24) is 9.47 Å². The number of hydrogen-bond acceptors (Lipinski definition) is 1. The van der Waals surface area contributed by atoms with E-state index in [2.05, 4.69) is 70.6 Å². The molecule has 1 aromatic heterocycles. The second kappa shape index (κ2) is 3.64. The number of nitrogens with zero attached hydrogens (tertiary/aromatic N) is 2. The van der Waals surface area contributed by atoms with Crippen LogP contribution in [0.15, 0.2) is 54.9 Å². The summed E-state index contributed by atoms with van der Waals surface area (Å²) in [6.45, 7) is 0.943. The second-order valence-electron chi connectivity index (χ2n) is 4.72. The highest BCUT2D eigenvalue weighted by Gasteiger charge is 2.19. The van der Waals surface area contributed by atoms with Crippen molar-refractivity contribution in [1.29, 1.82) is 0 Å². The van der Waals surface area contributed by atoms with Gasteiger partial charge in [-0.3, -0.25) is 0 Å². The predicted octanol–water partition coefficient (Wildman–Crippen LogP) is 3.69. The van der Waals surface area contributed by atoms with E-state index >= 15 is 0 Å². The number of aromatic nitrogens is 1. The summed E-state index contributed by atoms with van der Waals surface area (Å²) in [6.07, 6.45) is 14.3. The van der Waals surface area contributed by atoms with Crippen LogP contribution in [-0.4, -0.2) is 16.0 Å². The Hall–Kier alpha value is -2.22. The molecule has 2 aromatic rings. The normalized spacial score (nSPS) is 17.3. The SMILES string of the molecule is C1=CN2CC=Cn3cc4ccccc4c3C2=CC1. The molecule has 2 heteroatoms. The highest BCUT2D eigenvalue weighted by atomic mass is 15.2. The zero-order valence-electron chi connectivity index (χ0n) is 10.1. The lowest BCUT2D eigenvalue weighted by Gasteiger charge is -2.24. The standard InChI is InChI=1S/C16H14N2/c1-2-7-14-13(6-1)12-18-11-5-10-17-9-4-3-8-15(17)16(14)18/h1-2,4-9,11-12H,3,10H2. The molecule has 0 atom stereocenters. The number of fused-ring (bicyclic) bond motifs is 5. The molecule has 88 valence electrons. The molecule has 0 fully saturated rings. The van der Waals surface area contributed by atoms with Gasteiger partial charge in [0.05, 0.1) is 11.4 Å². The molecule has 0 saturated heterocycles. The monoisotopic (exact) mass is 234 g/mol. The zero-order valence-corrected chi connectivity index (χ0v) is 10.1. The number of benzene rings is 1. The van der Waals surface area contributed by atoms with Crippen molar-refractivity contribution in [3.63, 3.8) is 0 Å². The molecule has 18 heavy (non-hydrogen) atoms. The first-order valence-electron chi connectivity index (χ1n) is 6.33. The Balaban J connectivity index is 2.05. The van der Waals surface area contributed by atoms with Crippen LogP contribution >= 0.6 is 0 Å². The molecule has 0 amide bonds. The first-order chi connectivity index (χ1) is 8.93. The number of hydrogen-bond donors (Lipinski definition) is 0. The summed E-state index contributed by atoms with van der Waals surface area (Å²) >= 11 is 0. The van der Waals surface area contributed by atoms with Crippen LogP contribution < -0.4 is 0 Å². The third-order valence-electron chi connectivity index (χ3n) is 3.61. The van der Waals surface area contributed by atoms with Gasteiger partial charge < -0.3 is 9.47 Å². The summed E-state index contributed by atoms with van der Waals surface area (Å²) in [5, 5.41) is 2.63. The lowest BCUT2D eigenvalue weighted by molar-refractivity contribution is 0.585. The van der Waals surface area contributed by atoms with Crippen LogP contribution in [-0.2, 0) is 0 Å². The van der Waals surface area contributed by atoms with Gasteiger partial charge in [0.1, 0.15) is 0 Å². The van der Waals surface area contributed by atoms with Crippen LogP contribution in [0.4, 0.5) is 0 Å². The summed E-state index contributed by atoms with van der Waals surface area (Å²) in [7, 11) is 0. The topological polar surface area (TPSA) is 8.17 Å². The summed E-state index contributed by atoms with van der Waals surface area (Å²) in [5.74, 6) is 0. The first kappa shape index (κ1) is 9.77. The van der Waals surface area contributed by atoms with Crippen LogP contribution in [0, 0.1) is 0 Å². The van der Waals surface area contributed by atoms with Crippen molar-refractivity contribution in [2.24, 2.45) is 0 Å². The van der Waals surface area contributed by atoms with E-state index in [1.807, 2.05) is 0 Å². The molecule has 3 heterocycles. The van der Waals surface area contributed by atoms with Crippen LogP contribution in [0.1, 0.15) is 12.1 Å². The average Bonchev–Trinajstić information content (AvgIpc) is 2.68. The molecule has 1 aromatic carbocycles. The van der Waals surface area contributed by atoms with Gasteiger partial charge in [-0.2, -0.15) is 0 Å². The third kappa shape index (κ3) is 1.29. The van der Waals surface area contributed by atoms with E-state index in [0.717, 1.165) is 13.0 Å². The molecule has 0 radical (unpaired) electrons. The van der Waals surface area contributed by atoms with Crippen molar-refractivity contribution in [3.05, 3.63) is 60.6 Å². The van der Waals surface area contributed by atoms with E-state index in [1.54, 1.807) is 0 Å². The molecule has 0 saturated carbocycles. The number of rotatable bonds is 0. The Labute approximate surface area is 106 Å². The van der Waals surface area contributed by atoms with E-state index in [0.29, 0.717) is 0 Å². The molecule has 0 spiro atoms. The van der Waals surface area contributed by atoms with Gasteiger partial charge in [0, 0.05) is 35.9 Å². The minimum absolute atomic E-state index is 0.943. The van der Waals surface area contributed by atoms with Gasteiger partial charge >= 0.3 is 0 Å². The largest absolute Gasteiger partial charge is 0.343 e. The van der Waals surface area contributed by atoms with Gasteiger partial charge in [0.25, 0.3) is 0 Å². The van der Waals surface area contributed by atoms with E-state index in [4.69, 9.17) is 0 Å². The van der Waals surface area contributed by atoms with E-state index in [9.17, 15) is 0 Å². The number of allylic oxidation sites excluding steroid dienone is 2. The third-order valence-corrected chi connectivity index (χ3v) is 3.61. The fourth-order valence-electron chi connectivity index (χ4n) is 2.80. The maximum Gasteiger partial charge on any atom is 0.0765 e. The summed E-state index contributed by atoms with van der Waals surface area (Å²) in [5.41, 5.74) is 2.63. The van der Waals surface area contributed by atoms with E-state index in [-0.39, 0.29) is 0 Å². The van der Waals surface area contributed by atoms with Crippen LogP contribution in [0.3, 0.4) is 0 Å². The predicted molar refractivity (Wildman–Crippen MR) is 75.7 cm³/mol. The summed E-state index contributed by atoms with van der Waals surface area (Å²) < 4.78 is 2.25. The quantitative estimate of drug-likeness (QED) is 0.675. The van der Waals surface area contributed by atoms with Gasteiger partial charge in [-0.15, -0.1) is 0 Å². The molecule has 0 bridgehead atoms. The van der Waals surface area contributed by atoms with Gasteiger partial charge in [-0.05, 0) is 12.5 Å². The summed E-state index contributed by atoms with van der Waals surface area (Å²) in [4.78, 5) is 2.31. The molecular formula is C16H14N2. The average molecular weight is 234 g/mol. The van der Waals surface area contributed by atoms with Gasteiger partial charge in [-0.1, -0.05) is 36.4 Å². The zero-order chi connectivity index (χ0) is 11.9. The highest BCUT2D eigenvalue weighted by Crippen LogP contribution is 2.33. The minimum Gasteiger partial charge on any atom is -0.343 e. The van der Waals surface area contributed by atoms with E-state index in [1.165, 1.54) is 22.2 Å². The molecule has 2 aliphatic heterocycles. The highest BCUT2D eigenvalue weighted by molar-refractivity contribution is 5.94. The summed E-state index contributed by atoms with van der Waals surface area (Å²) in [6, 6.07) is 8.59. The second-order valence-corrected chi connectivity index (χ2v) is 4.72. The molecule has 0 unspecified atom stereocenters. The minimum atomic E-state index is 0.943. The lowest BCUT2D eigenvalue weighted by atomic mass is 10.1. The van der Waals surface area contributed by atoms with Crippen molar-refractivity contribution >= 4 is 22.7 Å². The van der Waals surface area contributed by atoms with Gasteiger partial charge in [-0.25, -0.2) is 0 Å². The Morgan fingerprint density at radius 1 is 1.00 bits per heavy atom. The van der Waals surface area contributed by atoms with Crippen LogP contribution in [0.5, 0.6) is 0 Å². The molecule has 2 nitrogen and oxygen atoms in total. The molecule has 0 N–H and O–H groups in total. The van der Waals surface area contributed by atoms with Crippen LogP contribution in [0.2, 0.25) is 0 Å². The van der Waals surface area contributed by atoms with Crippen molar-refractivity contribution < 1.29 is 0 Å². The maximum absolute atomic E-state index is 2.31. The Morgan fingerprint density at radius 3 is 2.94 bits per heavy atom. The Morgan fingerprint density at radius 2 is 1.94 bits per heavy atom. The molecule has 0 aliphatic carbocycles. The van der Waals surface area contributed by atoms with Crippen molar-refractivity contribution in [2.75, 3.05) is 6.54 Å². The fraction of sp³-hybridized carbons (Fsp3) is 0.125.